The van der Waals surface area contributed by atoms with Crippen molar-refractivity contribution in [3.05, 3.63) is 0 Å². The lowest BCUT2D eigenvalue weighted by atomic mass is 10.2. The molecule has 1 amide bonds. The number of unbranched alkanes of at least 4 members (excludes halogenated alkanes) is 2. The number of hydrogen-bond acceptors (Lipinski definition) is 4. The van der Waals surface area contributed by atoms with Crippen LogP contribution in [0.4, 0.5) is 4.79 Å². The number of hydrogen-bond donors (Lipinski definition) is 2. The number of halogens is 1. The van der Waals surface area contributed by atoms with E-state index < -0.39 is 16.3 Å². The minimum absolute atomic E-state index is 0.122. The fourth-order valence-electron chi connectivity index (χ4n) is 0.909. The Morgan fingerprint density at radius 2 is 2.00 bits per heavy atom. The van der Waals surface area contributed by atoms with Crippen LogP contribution in [0.25, 0.3) is 0 Å². The zero-order chi connectivity index (χ0) is 12.4. The summed E-state index contributed by atoms with van der Waals surface area (Å²) in [6.45, 7) is 1.98. The topological polar surface area (TPSA) is 84.5 Å². The van der Waals surface area contributed by atoms with E-state index >= 15 is 0 Å². The third kappa shape index (κ3) is 8.75. The maximum Gasteiger partial charge on any atom is 0.421 e. The molecule has 8 heteroatoms. The molecular formula is C8H17ClN2O4S. The molecule has 0 bridgehead atoms. The van der Waals surface area contributed by atoms with E-state index in [1.54, 1.807) is 11.6 Å². The molecule has 0 aromatic heterocycles. The van der Waals surface area contributed by atoms with Gasteiger partial charge in [-0.15, -0.1) is 11.6 Å². The highest BCUT2D eigenvalue weighted by molar-refractivity contribution is 7.88. The molecule has 0 atom stereocenters. The molecule has 2 N–H and O–H groups in total. The van der Waals surface area contributed by atoms with E-state index in [1.807, 2.05) is 0 Å². The van der Waals surface area contributed by atoms with Gasteiger partial charge in [0.15, 0.2) is 0 Å². The molecule has 0 aliphatic rings. The normalized spacial score (nSPS) is 11.1. The fraction of sp³-hybridized carbons (Fsp3) is 0.875. The molecule has 0 rings (SSSR count). The first-order valence-electron chi connectivity index (χ1n) is 5.02. The number of ether oxygens (including phenoxy) is 1. The molecule has 0 saturated carbocycles. The lowest BCUT2D eigenvalue weighted by Crippen LogP contribution is -2.40. The molecular weight excluding hydrogens is 256 g/mol. The van der Waals surface area contributed by atoms with Gasteiger partial charge in [0.2, 0.25) is 0 Å². The first kappa shape index (κ1) is 15.5. The number of amides is 1. The summed E-state index contributed by atoms with van der Waals surface area (Å²) in [5.74, 6) is 0.563. The van der Waals surface area contributed by atoms with Gasteiger partial charge in [-0.05, 0) is 19.8 Å². The van der Waals surface area contributed by atoms with Crippen molar-refractivity contribution in [2.75, 3.05) is 19.0 Å². The monoisotopic (exact) mass is 272 g/mol. The van der Waals surface area contributed by atoms with Gasteiger partial charge in [0.1, 0.15) is 0 Å². The van der Waals surface area contributed by atoms with Crippen molar-refractivity contribution in [1.82, 2.24) is 9.44 Å². The highest BCUT2D eigenvalue weighted by Gasteiger charge is 2.13. The summed E-state index contributed by atoms with van der Waals surface area (Å²) in [6, 6.07) is 0. The van der Waals surface area contributed by atoms with Crippen molar-refractivity contribution >= 4 is 27.9 Å². The van der Waals surface area contributed by atoms with E-state index in [-0.39, 0.29) is 13.2 Å². The van der Waals surface area contributed by atoms with Crippen LogP contribution in [0.5, 0.6) is 0 Å². The van der Waals surface area contributed by atoms with Crippen LogP contribution in [0.1, 0.15) is 26.2 Å². The van der Waals surface area contributed by atoms with Gasteiger partial charge < -0.3 is 4.74 Å². The highest BCUT2D eigenvalue weighted by Crippen LogP contribution is 1.96. The molecule has 0 heterocycles. The van der Waals surface area contributed by atoms with Gasteiger partial charge in [0.25, 0.3) is 0 Å². The quantitative estimate of drug-likeness (QED) is 0.509. The first-order valence-corrected chi connectivity index (χ1v) is 7.03. The summed E-state index contributed by atoms with van der Waals surface area (Å²) in [4.78, 5) is 10.8. The molecule has 0 aromatic rings. The van der Waals surface area contributed by atoms with Crippen molar-refractivity contribution in [3.63, 3.8) is 0 Å². The molecule has 0 aliphatic heterocycles. The van der Waals surface area contributed by atoms with E-state index in [2.05, 4.69) is 9.46 Å². The lowest BCUT2D eigenvalue weighted by molar-refractivity contribution is 0.158. The van der Waals surface area contributed by atoms with Crippen LogP contribution < -0.4 is 9.44 Å². The first-order chi connectivity index (χ1) is 7.52. The van der Waals surface area contributed by atoms with Gasteiger partial charge in [-0.25, -0.2) is 9.52 Å². The van der Waals surface area contributed by atoms with Crippen LogP contribution in [-0.2, 0) is 14.9 Å². The number of alkyl halides is 1. The lowest BCUT2D eigenvalue weighted by Gasteiger charge is -2.07. The van der Waals surface area contributed by atoms with Crippen LogP contribution in [0.2, 0.25) is 0 Å². The van der Waals surface area contributed by atoms with E-state index in [4.69, 9.17) is 11.6 Å². The number of nitrogens with one attached hydrogen (secondary N) is 2. The fourth-order valence-corrected chi connectivity index (χ4v) is 1.86. The smallest absolute Gasteiger partial charge is 0.421 e. The second kappa shape index (κ2) is 8.60. The van der Waals surface area contributed by atoms with E-state index in [9.17, 15) is 13.2 Å². The van der Waals surface area contributed by atoms with Gasteiger partial charge in [0, 0.05) is 12.4 Å². The van der Waals surface area contributed by atoms with Crippen molar-refractivity contribution in [2.45, 2.75) is 26.2 Å². The minimum Gasteiger partial charge on any atom is -0.449 e. The van der Waals surface area contributed by atoms with Crippen LogP contribution in [0.15, 0.2) is 0 Å². The Balaban J connectivity index is 3.74. The molecule has 0 spiro atoms. The third-order valence-electron chi connectivity index (χ3n) is 1.60. The second-order valence-electron chi connectivity index (χ2n) is 2.97. The standard InChI is InChI=1S/C8H17ClN2O4S/c1-2-15-8(12)11-16(13,14)10-7-5-3-4-6-9/h10H,2-7H2,1H3,(H,11,12). The zero-order valence-electron chi connectivity index (χ0n) is 9.16. The Morgan fingerprint density at radius 3 is 2.56 bits per heavy atom. The molecule has 0 aromatic carbocycles. The third-order valence-corrected chi connectivity index (χ3v) is 2.88. The van der Waals surface area contributed by atoms with Crippen LogP contribution in [-0.4, -0.2) is 33.5 Å². The molecule has 0 aliphatic carbocycles. The van der Waals surface area contributed by atoms with Gasteiger partial charge >= 0.3 is 16.3 Å². The Hall–Kier alpha value is -0.530. The van der Waals surface area contributed by atoms with Gasteiger partial charge in [0.05, 0.1) is 6.61 Å². The predicted octanol–water partition coefficient (Wildman–Crippen LogP) is 0.976. The van der Waals surface area contributed by atoms with Gasteiger partial charge in [-0.3, -0.25) is 0 Å². The van der Waals surface area contributed by atoms with Gasteiger partial charge in [-0.1, -0.05) is 6.42 Å². The molecule has 6 nitrogen and oxygen atoms in total. The Labute approximate surface area is 101 Å². The maximum absolute atomic E-state index is 11.2. The van der Waals surface area contributed by atoms with E-state index in [1.165, 1.54) is 0 Å². The molecule has 0 unspecified atom stereocenters. The summed E-state index contributed by atoms with van der Waals surface area (Å²) >= 11 is 5.46. The Kier molecular flexibility index (Phi) is 8.32. The molecule has 0 radical (unpaired) electrons. The van der Waals surface area contributed by atoms with E-state index in [0.29, 0.717) is 12.3 Å². The second-order valence-corrected chi connectivity index (χ2v) is 4.85. The number of carbonyl (C=O) groups is 1. The highest BCUT2D eigenvalue weighted by atomic mass is 35.5. The van der Waals surface area contributed by atoms with Crippen LogP contribution in [0.3, 0.4) is 0 Å². The van der Waals surface area contributed by atoms with Crippen molar-refractivity contribution < 1.29 is 17.9 Å². The Morgan fingerprint density at radius 1 is 1.31 bits per heavy atom. The van der Waals surface area contributed by atoms with E-state index in [0.717, 1.165) is 12.8 Å². The summed E-state index contributed by atoms with van der Waals surface area (Å²) in [7, 11) is -3.80. The largest absolute Gasteiger partial charge is 0.449 e. The summed E-state index contributed by atoms with van der Waals surface area (Å²) in [6.07, 6.45) is 1.38. The molecule has 0 saturated heterocycles. The zero-order valence-corrected chi connectivity index (χ0v) is 10.7. The summed E-state index contributed by atoms with van der Waals surface area (Å²) < 4.78 is 30.8. The molecule has 0 fully saturated rings. The molecule has 16 heavy (non-hydrogen) atoms. The molecule has 96 valence electrons. The average molecular weight is 273 g/mol. The van der Waals surface area contributed by atoms with Crippen molar-refractivity contribution in [1.29, 1.82) is 0 Å². The van der Waals surface area contributed by atoms with Crippen molar-refractivity contribution in [2.24, 2.45) is 0 Å². The number of carbonyl (C=O) groups excluding carboxylic acids is 1. The maximum atomic E-state index is 11.2. The average Bonchev–Trinajstić information content (AvgIpc) is 2.16. The van der Waals surface area contributed by atoms with Crippen molar-refractivity contribution in [3.8, 4) is 0 Å². The summed E-state index contributed by atoms with van der Waals surface area (Å²) in [5, 5.41) is 0. The van der Waals surface area contributed by atoms with Crippen LogP contribution >= 0.6 is 11.6 Å². The van der Waals surface area contributed by atoms with Crippen LogP contribution in [0, 0.1) is 0 Å². The Bertz CT molecular complexity index is 294. The predicted molar refractivity (Wildman–Crippen MR) is 61.7 cm³/mol. The summed E-state index contributed by atoms with van der Waals surface area (Å²) in [5.41, 5.74) is 0. The van der Waals surface area contributed by atoms with Gasteiger partial charge in [-0.2, -0.15) is 13.1 Å². The number of rotatable bonds is 8. The minimum atomic E-state index is -3.80. The SMILES string of the molecule is CCOC(=O)NS(=O)(=O)NCCCCCCl.